The van der Waals surface area contributed by atoms with Crippen LogP contribution in [0, 0.1) is 17.7 Å². The van der Waals surface area contributed by atoms with E-state index in [2.05, 4.69) is 23.6 Å². The van der Waals surface area contributed by atoms with E-state index < -0.39 is 23.9 Å². The van der Waals surface area contributed by atoms with Crippen LogP contribution in [0.25, 0.3) is 0 Å². The lowest BCUT2D eigenvalue weighted by atomic mass is 9.99. The highest BCUT2D eigenvalue weighted by atomic mass is 19.1. The molecule has 2 heterocycles. The fourth-order valence-electron chi connectivity index (χ4n) is 5.93. The molecule has 1 amide bonds. The van der Waals surface area contributed by atoms with Crippen LogP contribution in [0.2, 0.25) is 0 Å². The van der Waals surface area contributed by atoms with Crippen molar-refractivity contribution in [2.45, 2.75) is 65.0 Å². The highest BCUT2D eigenvalue weighted by Gasteiger charge is 2.28. The zero-order valence-electron chi connectivity index (χ0n) is 29.9. The number of carboxylic acids is 4. The number of carbonyl (C=O) groups excluding carboxylic acids is 1. The van der Waals surface area contributed by atoms with E-state index in [0.29, 0.717) is 38.0 Å². The van der Waals surface area contributed by atoms with E-state index in [-0.39, 0.29) is 17.8 Å². The number of ether oxygens (including phenoxy) is 1. The van der Waals surface area contributed by atoms with Crippen molar-refractivity contribution < 1.29 is 58.6 Å². The molecule has 14 nitrogen and oxygen atoms in total. The van der Waals surface area contributed by atoms with Crippen molar-refractivity contribution >= 4 is 29.8 Å². The van der Waals surface area contributed by atoms with E-state index >= 15 is 0 Å². The molecule has 2 aliphatic heterocycles. The lowest BCUT2D eigenvalue weighted by molar-refractivity contribution is -0.159. The molecule has 0 aromatic heterocycles. The predicted octanol–water partition coefficient (Wildman–Crippen LogP) is 3.30. The number of hydrogen-bond donors (Lipinski definition) is 5. The average molecular weight is 734 g/mol. The topological polar surface area (TPSA) is 205 Å². The number of aliphatic hydroxyl groups is 1. The molecule has 52 heavy (non-hydrogen) atoms. The number of piperidine rings is 2. The number of aliphatic carboxylic acids is 4. The Morgan fingerprint density at radius 2 is 1.33 bits per heavy atom. The quantitative estimate of drug-likeness (QED) is 0.188. The second kappa shape index (κ2) is 23.1. The zero-order chi connectivity index (χ0) is 38.6. The summed E-state index contributed by atoms with van der Waals surface area (Å²) in [5.41, 5.74) is 1.93. The van der Waals surface area contributed by atoms with Gasteiger partial charge in [-0.05, 0) is 99.0 Å². The van der Waals surface area contributed by atoms with Crippen molar-refractivity contribution in [3.05, 3.63) is 65.5 Å². The number of rotatable bonds is 13. The first-order valence-electron chi connectivity index (χ1n) is 17.4. The number of nitrogens with zero attached hydrogens (tertiary/aromatic N) is 3. The van der Waals surface area contributed by atoms with Crippen molar-refractivity contribution in [2.75, 3.05) is 52.5 Å². The van der Waals surface area contributed by atoms with Gasteiger partial charge in [0.25, 0.3) is 0 Å². The van der Waals surface area contributed by atoms with Gasteiger partial charge in [0.15, 0.2) is 0 Å². The van der Waals surface area contributed by atoms with E-state index in [1.807, 2.05) is 29.2 Å². The van der Waals surface area contributed by atoms with E-state index in [1.165, 1.54) is 18.6 Å². The average Bonchev–Trinajstić information content (AvgIpc) is 3.12. The van der Waals surface area contributed by atoms with Gasteiger partial charge in [0.2, 0.25) is 5.91 Å². The molecule has 2 saturated heterocycles. The number of hydrogen-bond acceptors (Lipinski definition) is 9. The molecule has 15 heteroatoms. The number of carboxylic acid groups (broad SMARTS) is 4. The van der Waals surface area contributed by atoms with Crippen molar-refractivity contribution in [2.24, 2.45) is 11.8 Å². The molecule has 2 aliphatic rings. The van der Waals surface area contributed by atoms with E-state index in [0.717, 1.165) is 81.8 Å². The van der Waals surface area contributed by atoms with Gasteiger partial charge in [0, 0.05) is 38.8 Å². The third kappa shape index (κ3) is 17.1. The molecule has 2 aromatic rings. The van der Waals surface area contributed by atoms with Crippen LogP contribution in [-0.4, -0.2) is 129 Å². The largest absolute Gasteiger partial charge is 0.493 e. The van der Waals surface area contributed by atoms with Crippen molar-refractivity contribution in [1.82, 2.24) is 14.7 Å². The van der Waals surface area contributed by atoms with Gasteiger partial charge >= 0.3 is 23.9 Å². The maximum atomic E-state index is 13.6. The molecular formula is C37H52FN3O11. The number of halogens is 1. The van der Waals surface area contributed by atoms with Gasteiger partial charge in [-0.1, -0.05) is 38.1 Å². The summed E-state index contributed by atoms with van der Waals surface area (Å²) in [4.78, 5) is 57.1. The number of likely N-dealkylation sites (tertiary alicyclic amines) is 2. The monoisotopic (exact) mass is 733 g/mol. The number of amides is 1. The molecule has 4 rings (SSSR count). The first-order chi connectivity index (χ1) is 24.7. The lowest BCUT2D eigenvalue weighted by Gasteiger charge is -2.39. The van der Waals surface area contributed by atoms with E-state index in [1.54, 1.807) is 12.1 Å². The Hall–Kier alpha value is -4.60. The summed E-state index contributed by atoms with van der Waals surface area (Å²) in [6, 6.07) is 14.6. The molecule has 2 fully saturated rings. The molecule has 0 saturated carbocycles. The van der Waals surface area contributed by atoms with Crippen LogP contribution in [0.15, 0.2) is 48.5 Å². The van der Waals surface area contributed by atoms with Crippen LogP contribution in [0.5, 0.6) is 5.75 Å². The molecular weight excluding hydrogens is 681 g/mol. The molecule has 0 radical (unpaired) electrons. The van der Waals surface area contributed by atoms with Crippen molar-refractivity contribution in [3.8, 4) is 5.75 Å². The Morgan fingerprint density at radius 1 is 0.788 bits per heavy atom. The molecule has 288 valence electrons. The molecule has 5 N–H and O–H groups in total. The second-order valence-electron chi connectivity index (χ2n) is 13.3. The maximum Gasteiger partial charge on any atom is 0.414 e. The van der Waals surface area contributed by atoms with E-state index in [4.69, 9.17) is 44.3 Å². The fourth-order valence-corrected chi connectivity index (χ4v) is 5.93. The van der Waals surface area contributed by atoms with Gasteiger partial charge < -0.3 is 45.0 Å². The van der Waals surface area contributed by atoms with Gasteiger partial charge in [0.05, 0.1) is 13.0 Å². The summed E-state index contributed by atoms with van der Waals surface area (Å²) in [5.74, 6) is -5.72. The van der Waals surface area contributed by atoms with Gasteiger partial charge in [-0.3, -0.25) is 4.79 Å². The Kier molecular flexibility index (Phi) is 19.3. The smallest absolute Gasteiger partial charge is 0.414 e. The number of carbonyl (C=O) groups is 5. The highest BCUT2D eigenvalue weighted by molar-refractivity contribution is 6.27. The molecule has 1 unspecified atom stereocenters. The third-order valence-electron chi connectivity index (χ3n) is 8.62. The molecule has 0 bridgehead atoms. The van der Waals surface area contributed by atoms with Gasteiger partial charge in [-0.15, -0.1) is 0 Å². The minimum absolute atomic E-state index is 0.113. The van der Waals surface area contributed by atoms with Crippen LogP contribution in [0.1, 0.15) is 57.1 Å². The fraction of sp³-hybridized carbons (Fsp3) is 0.541. The summed E-state index contributed by atoms with van der Waals surface area (Å²) in [6.07, 6.45) is 5.71. The maximum absolute atomic E-state index is 13.6. The third-order valence-corrected chi connectivity index (χ3v) is 8.62. The summed E-state index contributed by atoms with van der Waals surface area (Å²) >= 11 is 0. The summed E-state index contributed by atoms with van der Waals surface area (Å²) in [5, 5.41) is 39.1. The first-order valence-corrected chi connectivity index (χ1v) is 17.4. The van der Waals surface area contributed by atoms with Gasteiger partial charge in [0.1, 0.15) is 11.6 Å². The Morgan fingerprint density at radius 3 is 1.85 bits per heavy atom. The summed E-state index contributed by atoms with van der Waals surface area (Å²) in [7, 11) is 0. The molecule has 0 aliphatic carbocycles. The Bertz CT molecular complexity index is 1370. The summed E-state index contributed by atoms with van der Waals surface area (Å²) < 4.78 is 19.3. The first kappa shape index (κ1) is 43.6. The van der Waals surface area contributed by atoms with E-state index in [9.17, 15) is 14.3 Å². The Balaban J connectivity index is 0.000000671. The van der Waals surface area contributed by atoms with Crippen LogP contribution in [0.4, 0.5) is 4.39 Å². The lowest BCUT2D eigenvalue weighted by Crippen LogP contribution is -2.48. The standard InChI is InChI=1S/C33H48FN3O3.2C2H2O4/c1-26(2)25-40-32-12-8-27(9-13-32)21-33(39)37(23-28-6-10-30(34)11-7-28)31-14-19-35(20-15-31)17-4-18-36-16-3-5-29(22-36)24-38;2*3-1(4)2(5)6/h6-13,26,29,31,38H,3-5,14-25H2,1-2H3;2*(H,3,4)(H,5,6). The predicted molar refractivity (Wildman–Crippen MR) is 188 cm³/mol. The van der Waals surface area contributed by atoms with Crippen molar-refractivity contribution in [3.63, 3.8) is 0 Å². The molecule has 1 atom stereocenters. The van der Waals surface area contributed by atoms with Crippen LogP contribution in [-0.2, 0) is 36.9 Å². The van der Waals surface area contributed by atoms with Crippen LogP contribution >= 0.6 is 0 Å². The molecule has 2 aromatic carbocycles. The van der Waals surface area contributed by atoms with Gasteiger partial charge in [-0.25, -0.2) is 23.6 Å². The zero-order valence-corrected chi connectivity index (χ0v) is 29.9. The Labute approximate surface area is 303 Å². The summed E-state index contributed by atoms with van der Waals surface area (Å²) in [6.45, 7) is 12.0. The van der Waals surface area contributed by atoms with Gasteiger partial charge in [-0.2, -0.15) is 0 Å². The minimum Gasteiger partial charge on any atom is -0.493 e. The highest BCUT2D eigenvalue weighted by Crippen LogP contribution is 2.23. The minimum atomic E-state index is -1.82. The second-order valence-corrected chi connectivity index (χ2v) is 13.3. The number of aliphatic hydroxyl groups excluding tert-OH is 1. The van der Waals surface area contributed by atoms with Crippen LogP contribution in [0.3, 0.4) is 0 Å². The molecule has 0 spiro atoms. The number of benzene rings is 2. The SMILES string of the molecule is CC(C)COc1ccc(CC(=O)N(Cc2ccc(F)cc2)C2CCN(CCCN3CCCC(CO)C3)CC2)cc1.O=C(O)C(=O)O.O=C(O)C(=O)O. The van der Waals surface area contributed by atoms with Crippen LogP contribution < -0.4 is 4.74 Å². The normalized spacial score (nSPS) is 16.4. The van der Waals surface area contributed by atoms with Crippen molar-refractivity contribution in [1.29, 1.82) is 0 Å².